The molecule has 4 rings (SSSR count). The van der Waals surface area contributed by atoms with Crippen molar-refractivity contribution in [2.45, 2.75) is 50.4 Å². The summed E-state index contributed by atoms with van der Waals surface area (Å²) in [7, 11) is 0. The summed E-state index contributed by atoms with van der Waals surface area (Å²) in [5, 5.41) is 3.78. The number of carbonyl (C=O) groups is 1. The first kappa shape index (κ1) is 14.3. The van der Waals surface area contributed by atoms with Crippen molar-refractivity contribution in [2.24, 2.45) is 17.8 Å². The Bertz CT molecular complexity index is 672. The maximum atomic E-state index is 12.5. The Kier molecular flexibility index (Phi) is 3.51. The van der Waals surface area contributed by atoms with Crippen LogP contribution in [0.4, 0.5) is 0 Å². The van der Waals surface area contributed by atoms with Crippen molar-refractivity contribution >= 4 is 17.7 Å². The minimum absolute atomic E-state index is 0.134. The van der Waals surface area contributed by atoms with Crippen molar-refractivity contribution in [1.29, 1.82) is 0 Å². The number of hydrogen-bond donors (Lipinski definition) is 1. The lowest BCUT2D eigenvalue weighted by Crippen LogP contribution is -2.42. The number of aromatic nitrogens is 2. The minimum atomic E-state index is -0.264. The van der Waals surface area contributed by atoms with Gasteiger partial charge in [0.05, 0.1) is 0 Å². The number of thioether (sulfide) groups is 1. The van der Waals surface area contributed by atoms with E-state index in [9.17, 15) is 9.59 Å². The molecule has 4 unspecified atom stereocenters. The second-order valence-electron chi connectivity index (χ2n) is 6.86. The van der Waals surface area contributed by atoms with Crippen LogP contribution in [0.5, 0.6) is 0 Å². The van der Waals surface area contributed by atoms with E-state index in [0.29, 0.717) is 12.5 Å². The molecular weight excluding hydrogens is 298 g/mol. The molecule has 6 heteroatoms. The molecule has 22 heavy (non-hydrogen) atoms. The lowest BCUT2D eigenvalue weighted by molar-refractivity contribution is 0.0912. The normalized spacial score (nSPS) is 30.3. The van der Waals surface area contributed by atoms with Crippen molar-refractivity contribution < 1.29 is 4.79 Å². The summed E-state index contributed by atoms with van der Waals surface area (Å²) in [5.74, 6) is 2.78. The van der Waals surface area contributed by atoms with Crippen molar-refractivity contribution in [2.75, 3.05) is 5.75 Å². The van der Waals surface area contributed by atoms with Gasteiger partial charge in [0, 0.05) is 24.5 Å². The molecule has 1 N–H and O–H groups in total. The summed E-state index contributed by atoms with van der Waals surface area (Å²) in [6.07, 6.45) is 6.65. The maximum absolute atomic E-state index is 12.5. The van der Waals surface area contributed by atoms with Gasteiger partial charge in [-0.15, -0.1) is 0 Å². The van der Waals surface area contributed by atoms with Gasteiger partial charge < -0.3 is 5.32 Å². The number of nitrogens with zero attached hydrogens (tertiary/aromatic N) is 2. The predicted molar refractivity (Wildman–Crippen MR) is 85.1 cm³/mol. The van der Waals surface area contributed by atoms with Crippen LogP contribution in [0.2, 0.25) is 0 Å². The minimum Gasteiger partial charge on any atom is -0.349 e. The highest BCUT2D eigenvalue weighted by Crippen LogP contribution is 2.49. The van der Waals surface area contributed by atoms with Crippen LogP contribution >= 0.6 is 11.8 Å². The average Bonchev–Trinajstić information content (AvgIpc) is 3.23. The van der Waals surface area contributed by atoms with Gasteiger partial charge in [-0.1, -0.05) is 18.2 Å². The summed E-state index contributed by atoms with van der Waals surface area (Å²) < 4.78 is 1.61. The highest BCUT2D eigenvalue weighted by molar-refractivity contribution is 7.99. The second-order valence-corrected chi connectivity index (χ2v) is 7.92. The Morgan fingerprint density at radius 2 is 2.32 bits per heavy atom. The van der Waals surface area contributed by atoms with E-state index in [1.54, 1.807) is 16.3 Å². The first-order valence-corrected chi connectivity index (χ1v) is 9.15. The Labute approximate surface area is 133 Å². The topological polar surface area (TPSA) is 64.0 Å². The molecule has 3 aliphatic rings. The molecule has 0 aromatic carbocycles. The summed E-state index contributed by atoms with van der Waals surface area (Å²) in [6, 6.07) is 0.134. The van der Waals surface area contributed by atoms with E-state index in [-0.39, 0.29) is 23.1 Å². The molecule has 2 saturated carbocycles. The van der Waals surface area contributed by atoms with Crippen LogP contribution in [0.3, 0.4) is 0 Å². The molecule has 2 heterocycles. The summed E-state index contributed by atoms with van der Waals surface area (Å²) in [4.78, 5) is 29.1. The van der Waals surface area contributed by atoms with Crippen molar-refractivity contribution in [3.8, 4) is 0 Å². The van der Waals surface area contributed by atoms with Crippen LogP contribution in [-0.2, 0) is 6.54 Å². The monoisotopic (exact) mass is 319 g/mol. The van der Waals surface area contributed by atoms with Crippen molar-refractivity contribution in [3.63, 3.8) is 0 Å². The van der Waals surface area contributed by atoms with E-state index < -0.39 is 0 Å². The van der Waals surface area contributed by atoms with Gasteiger partial charge in [0.2, 0.25) is 0 Å². The molecule has 2 aliphatic carbocycles. The molecule has 0 radical (unpaired) electrons. The molecule has 118 valence electrons. The van der Waals surface area contributed by atoms with Crippen LogP contribution in [0.25, 0.3) is 0 Å². The molecule has 2 fully saturated rings. The van der Waals surface area contributed by atoms with Crippen LogP contribution < -0.4 is 10.9 Å². The highest BCUT2D eigenvalue weighted by Gasteiger charge is 2.42. The molecule has 2 bridgehead atoms. The molecule has 1 amide bonds. The fraction of sp³-hybridized carbons (Fsp3) is 0.688. The van der Waals surface area contributed by atoms with Crippen LogP contribution in [0.15, 0.2) is 16.1 Å². The lowest BCUT2D eigenvalue weighted by atomic mass is 9.84. The van der Waals surface area contributed by atoms with Gasteiger partial charge in [-0.3, -0.25) is 14.2 Å². The fourth-order valence-corrected chi connectivity index (χ4v) is 5.38. The molecule has 1 aliphatic heterocycles. The summed E-state index contributed by atoms with van der Waals surface area (Å²) >= 11 is 1.57. The van der Waals surface area contributed by atoms with Gasteiger partial charge in [-0.05, 0) is 43.9 Å². The molecule has 5 nitrogen and oxygen atoms in total. The largest absolute Gasteiger partial charge is 0.349 e. The second kappa shape index (κ2) is 5.41. The third kappa shape index (κ3) is 2.28. The Morgan fingerprint density at radius 1 is 1.45 bits per heavy atom. The third-order valence-corrected chi connectivity index (χ3v) is 6.57. The standard InChI is InChI=1S/C16H21N3O2S/c1-9(12-7-10-2-3-11(12)6-10)18-14(20)13-8-17-16-19(15(13)21)4-5-22-16/h8-12H,2-7H2,1H3,(H,18,20). The van der Waals surface area contributed by atoms with Crippen LogP contribution in [0, 0.1) is 17.8 Å². The molecule has 1 aromatic heterocycles. The first-order chi connectivity index (χ1) is 10.6. The number of rotatable bonds is 3. The molecule has 4 atom stereocenters. The first-order valence-electron chi connectivity index (χ1n) is 8.17. The van der Waals surface area contributed by atoms with Gasteiger partial charge in [0.1, 0.15) is 5.56 Å². The zero-order valence-electron chi connectivity index (χ0n) is 12.7. The number of amides is 1. The van der Waals surface area contributed by atoms with E-state index in [0.717, 1.165) is 22.7 Å². The smallest absolute Gasteiger partial charge is 0.267 e. The van der Waals surface area contributed by atoms with E-state index in [1.165, 1.54) is 31.9 Å². The zero-order valence-corrected chi connectivity index (χ0v) is 13.6. The Hall–Kier alpha value is -1.30. The SMILES string of the molecule is CC(NC(=O)c1cnc2n(c1=O)CCS2)C1CC2CCC1C2. The molecule has 0 spiro atoms. The maximum Gasteiger partial charge on any atom is 0.267 e. The van der Waals surface area contributed by atoms with Gasteiger partial charge in [-0.2, -0.15) is 0 Å². The van der Waals surface area contributed by atoms with Gasteiger partial charge in [0.25, 0.3) is 11.5 Å². The van der Waals surface area contributed by atoms with E-state index in [2.05, 4.69) is 17.2 Å². The van der Waals surface area contributed by atoms with Gasteiger partial charge >= 0.3 is 0 Å². The lowest BCUT2D eigenvalue weighted by Gasteiger charge is -2.28. The number of carbonyl (C=O) groups excluding carboxylic acids is 1. The Morgan fingerprint density at radius 3 is 3.05 bits per heavy atom. The Balaban J connectivity index is 1.50. The summed E-state index contributed by atoms with van der Waals surface area (Å²) in [5.41, 5.74) is -0.0195. The highest BCUT2D eigenvalue weighted by atomic mass is 32.2. The zero-order chi connectivity index (χ0) is 15.3. The number of hydrogen-bond acceptors (Lipinski definition) is 4. The van der Waals surface area contributed by atoms with Crippen LogP contribution in [-0.4, -0.2) is 27.3 Å². The third-order valence-electron chi connectivity index (χ3n) is 5.60. The molecule has 0 saturated heterocycles. The average molecular weight is 319 g/mol. The van der Waals surface area contributed by atoms with E-state index >= 15 is 0 Å². The number of fused-ring (bicyclic) bond motifs is 3. The van der Waals surface area contributed by atoms with Gasteiger partial charge in [-0.25, -0.2) is 4.98 Å². The predicted octanol–water partition coefficient (Wildman–Crippen LogP) is 1.90. The molecular formula is C16H21N3O2S. The van der Waals surface area contributed by atoms with Crippen LogP contribution in [0.1, 0.15) is 43.0 Å². The van der Waals surface area contributed by atoms with E-state index in [1.807, 2.05) is 0 Å². The molecule has 1 aromatic rings. The number of nitrogens with one attached hydrogen (secondary N) is 1. The van der Waals surface area contributed by atoms with E-state index in [4.69, 9.17) is 0 Å². The van der Waals surface area contributed by atoms with Gasteiger partial charge in [0.15, 0.2) is 5.16 Å². The van der Waals surface area contributed by atoms with Crippen molar-refractivity contribution in [1.82, 2.24) is 14.9 Å². The quantitative estimate of drug-likeness (QED) is 0.864. The summed E-state index contributed by atoms with van der Waals surface area (Å²) in [6.45, 7) is 2.73. The van der Waals surface area contributed by atoms with Crippen molar-refractivity contribution in [3.05, 3.63) is 22.1 Å². The fourth-order valence-electron chi connectivity index (χ4n) is 4.47.